The Kier molecular flexibility index (Phi) is 1.70. The van der Waals surface area contributed by atoms with Crippen molar-refractivity contribution in [3.63, 3.8) is 0 Å². The molecule has 1 aliphatic rings. The Balaban J connectivity index is 2.11. The lowest BCUT2D eigenvalue weighted by atomic mass is 10.1. The number of carbonyl (C=O) groups excluding carboxylic acids is 1. The smallest absolute Gasteiger partial charge is 0.263 e. The Bertz CT molecular complexity index is 861. The normalized spacial score (nSPS) is 12.7. The van der Waals surface area contributed by atoms with Gasteiger partial charge < -0.3 is 10.2 Å². The average Bonchev–Trinajstić information content (AvgIpc) is 2.86. The molecule has 0 unspecified atom stereocenters. The quantitative estimate of drug-likeness (QED) is 0.505. The molecule has 92 valence electrons. The Hall–Kier alpha value is -2.75. The summed E-state index contributed by atoms with van der Waals surface area (Å²) >= 11 is 0. The number of benzene rings is 2. The first-order chi connectivity index (χ1) is 9.15. The number of rotatable bonds is 0. The molecule has 0 saturated carbocycles. The molecule has 19 heavy (non-hydrogen) atoms. The second-order valence-corrected chi connectivity index (χ2v) is 4.64. The molecule has 0 saturated heterocycles. The summed E-state index contributed by atoms with van der Waals surface area (Å²) in [5.74, 6) is 0.108. The molecular weight excluding hydrogens is 242 g/mol. The number of nitrogens with zero attached hydrogens (tertiary/aromatic N) is 1. The third-order valence-electron chi connectivity index (χ3n) is 3.50. The molecule has 0 atom stereocenters. The molecule has 4 rings (SSSR count). The Morgan fingerprint density at radius 1 is 0.842 bits per heavy atom. The van der Waals surface area contributed by atoms with E-state index >= 15 is 0 Å². The summed E-state index contributed by atoms with van der Waals surface area (Å²) in [7, 11) is 0. The number of phenols is 2. The van der Waals surface area contributed by atoms with Crippen molar-refractivity contribution in [3.8, 4) is 22.8 Å². The van der Waals surface area contributed by atoms with Gasteiger partial charge in [0.1, 0.15) is 11.5 Å². The van der Waals surface area contributed by atoms with Crippen LogP contribution in [0.3, 0.4) is 0 Å². The van der Waals surface area contributed by atoms with E-state index in [0.29, 0.717) is 5.56 Å². The largest absolute Gasteiger partial charge is 0.508 e. The Morgan fingerprint density at radius 3 is 2.42 bits per heavy atom. The van der Waals surface area contributed by atoms with Crippen LogP contribution in [0.4, 0.5) is 0 Å². The molecule has 2 aromatic carbocycles. The highest BCUT2D eigenvalue weighted by molar-refractivity contribution is 6.14. The van der Waals surface area contributed by atoms with Crippen LogP contribution in [0, 0.1) is 0 Å². The van der Waals surface area contributed by atoms with Gasteiger partial charge in [-0.15, -0.1) is 0 Å². The molecule has 0 fully saturated rings. The number of phenolic OH excluding ortho intramolecular Hbond substituents is 2. The third kappa shape index (κ3) is 1.20. The molecule has 0 bridgehead atoms. The van der Waals surface area contributed by atoms with Gasteiger partial charge in [-0.2, -0.15) is 0 Å². The minimum absolute atomic E-state index is 0.0832. The molecule has 0 spiro atoms. The fourth-order valence-electron chi connectivity index (χ4n) is 2.67. The monoisotopic (exact) mass is 251 g/mol. The van der Waals surface area contributed by atoms with Crippen LogP contribution >= 0.6 is 0 Å². The predicted octanol–water partition coefficient (Wildman–Crippen LogP) is 2.72. The average molecular weight is 251 g/mol. The van der Waals surface area contributed by atoms with Crippen LogP contribution < -0.4 is 0 Å². The molecule has 2 N–H and O–H groups in total. The van der Waals surface area contributed by atoms with Crippen molar-refractivity contribution in [1.82, 2.24) is 4.57 Å². The van der Waals surface area contributed by atoms with E-state index in [9.17, 15) is 15.0 Å². The van der Waals surface area contributed by atoms with Crippen molar-refractivity contribution in [1.29, 1.82) is 0 Å². The lowest BCUT2D eigenvalue weighted by Crippen LogP contribution is -2.05. The summed E-state index contributed by atoms with van der Waals surface area (Å²) in [6, 6.07) is 11.6. The van der Waals surface area contributed by atoms with Crippen molar-refractivity contribution >= 4 is 16.8 Å². The molecule has 4 heteroatoms. The summed E-state index contributed by atoms with van der Waals surface area (Å²) < 4.78 is 1.61. The van der Waals surface area contributed by atoms with Crippen molar-refractivity contribution < 1.29 is 15.0 Å². The van der Waals surface area contributed by atoms with E-state index in [4.69, 9.17) is 0 Å². The zero-order valence-electron chi connectivity index (χ0n) is 9.79. The molecule has 3 aromatic rings. The highest BCUT2D eigenvalue weighted by atomic mass is 16.3. The summed E-state index contributed by atoms with van der Waals surface area (Å²) in [6.07, 6.45) is 0. The number of carbonyl (C=O) groups is 1. The van der Waals surface area contributed by atoms with Crippen LogP contribution in [0.1, 0.15) is 10.4 Å². The predicted molar refractivity (Wildman–Crippen MR) is 70.4 cm³/mol. The van der Waals surface area contributed by atoms with Gasteiger partial charge in [-0.1, -0.05) is 0 Å². The maximum absolute atomic E-state index is 12.4. The Morgan fingerprint density at radius 2 is 1.58 bits per heavy atom. The van der Waals surface area contributed by atoms with Crippen LogP contribution in [-0.4, -0.2) is 20.7 Å². The van der Waals surface area contributed by atoms with Gasteiger partial charge in [0.15, 0.2) is 0 Å². The van der Waals surface area contributed by atoms with E-state index in [1.165, 1.54) is 6.07 Å². The summed E-state index contributed by atoms with van der Waals surface area (Å²) in [5, 5.41) is 19.8. The van der Waals surface area contributed by atoms with Gasteiger partial charge in [0.05, 0.1) is 16.8 Å². The van der Waals surface area contributed by atoms with E-state index in [2.05, 4.69) is 0 Å². The van der Waals surface area contributed by atoms with Gasteiger partial charge in [0.2, 0.25) is 0 Å². The summed E-state index contributed by atoms with van der Waals surface area (Å²) in [5.41, 5.74) is 2.86. The first-order valence-electron chi connectivity index (χ1n) is 5.88. The van der Waals surface area contributed by atoms with E-state index in [1.807, 2.05) is 6.07 Å². The second-order valence-electron chi connectivity index (χ2n) is 4.64. The summed E-state index contributed by atoms with van der Waals surface area (Å²) in [6.45, 7) is 0. The van der Waals surface area contributed by atoms with Crippen molar-refractivity contribution in [2.24, 2.45) is 0 Å². The number of aromatic nitrogens is 1. The van der Waals surface area contributed by atoms with E-state index in [1.54, 1.807) is 34.9 Å². The third-order valence-corrected chi connectivity index (χ3v) is 3.50. The van der Waals surface area contributed by atoms with Crippen LogP contribution in [0.2, 0.25) is 0 Å². The fraction of sp³-hybridized carbons (Fsp3) is 0. The second kappa shape index (κ2) is 3.17. The van der Waals surface area contributed by atoms with Crippen molar-refractivity contribution in [2.75, 3.05) is 0 Å². The molecule has 0 amide bonds. The highest BCUT2D eigenvalue weighted by Crippen LogP contribution is 2.39. The molecule has 0 aliphatic carbocycles. The maximum Gasteiger partial charge on any atom is 0.263 e. The SMILES string of the molecule is O=C1c2cc(O)ccc2-c2cc3cc(O)ccc3n21. The van der Waals surface area contributed by atoms with Gasteiger partial charge in [0, 0.05) is 10.9 Å². The first kappa shape index (κ1) is 10.2. The minimum atomic E-state index is -0.151. The van der Waals surface area contributed by atoms with Gasteiger partial charge >= 0.3 is 0 Å². The van der Waals surface area contributed by atoms with E-state index in [-0.39, 0.29) is 17.4 Å². The first-order valence-corrected chi connectivity index (χ1v) is 5.88. The zero-order chi connectivity index (χ0) is 13.1. The number of hydrogen-bond acceptors (Lipinski definition) is 3. The number of aromatic hydroxyl groups is 2. The van der Waals surface area contributed by atoms with Crippen molar-refractivity contribution in [2.45, 2.75) is 0 Å². The number of hydrogen-bond donors (Lipinski definition) is 2. The topological polar surface area (TPSA) is 62.5 Å². The lowest BCUT2D eigenvalue weighted by Gasteiger charge is -2.00. The number of fused-ring (bicyclic) bond motifs is 5. The van der Waals surface area contributed by atoms with Crippen LogP contribution in [0.5, 0.6) is 11.5 Å². The van der Waals surface area contributed by atoms with Gasteiger partial charge in [-0.25, -0.2) is 0 Å². The highest BCUT2D eigenvalue weighted by Gasteiger charge is 2.28. The molecule has 1 aromatic heterocycles. The minimum Gasteiger partial charge on any atom is -0.508 e. The summed E-state index contributed by atoms with van der Waals surface area (Å²) in [4.78, 5) is 12.4. The van der Waals surface area contributed by atoms with Crippen LogP contribution in [-0.2, 0) is 0 Å². The maximum atomic E-state index is 12.4. The lowest BCUT2D eigenvalue weighted by molar-refractivity contribution is 0.0973. The molecular formula is C15H9NO3. The molecule has 4 nitrogen and oxygen atoms in total. The standard InChI is InChI=1S/C15H9NO3/c17-9-2-4-13-8(5-9)6-14-11-3-1-10(18)7-12(11)15(19)16(13)14/h1-7,17-18H. The molecule has 0 radical (unpaired) electrons. The van der Waals surface area contributed by atoms with Gasteiger partial charge in [-0.05, 0) is 42.5 Å². The Labute approximate surface area is 108 Å². The van der Waals surface area contributed by atoms with E-state index in [0.717, 1.165) is 22.2 Å². The fourth-order valence-corrected chi connectivity index (χ4v) is 2.67. The van der Waals surface area contributed by atoms with Gasteiger partial charge in [-0.3, -0.25) is 9.36 Å². The van der Waals surface area contributed by atoms with Crippen LogP contribution in [0.15, 0.2) is 42.5 Å². The van der Waals surface area contributed by atoms with Gasteiger partial charge in [0.25, 0.3) is 5.91 Å². The van der Waals surface area contributed by atoms with Crippen molar-refractivity contribution in [3.05, 3.63) is 48.0 Å². The van der Waals surface area contributed by atoms with E-state index < -0.39 is 0 Å². The zero-order valence-corrected chi connectivity index (χ0v) is 9.79. The molecule has 2 heterocycles. The van der Waals surface area contributed by atoms with Crippen LogP contribution in [0.25, 0.3) is 22.2 Å². The molecule has 1 aliphatic heterocycles.